The molecular formula is C27H23BrFN5O2S. The van der Waals surface area contributed by atoms with Crippen molar-refractivity contribution in [2.75, 3.05) is 17.7 Å². The summed E-state index contributed by atoms with van der Waals surface area (Å²) in [6.45, 7) is 1.84. The van der Waals surface area contributed by atoms with Crippen LogP contribution in [0.5, 0.6) is 5.75 Å². The van der Waals surface area contributed by atoms with E-state index in [-0.39, 0.29) is 11.7 Å². The molecule has 5 rings (SSSR count). The van der Waals surface area contributed by atoms with Gasteiger partial charge >= 0.3 is 0 Å². The maximum atomic E-state index is 14.1. The van der Waals surface area contributed by atoms with E-state index in [2.05, 4.69) is 31.5 Å². The number of aromatic nitrogens is 3. The first kappa shape index (κ1) is 25.0. The van der Waals surface area contributed by atoms with Crippen molar-refractivity contribution in [3.8, 4) is 5.75 Å². The lowest BCUT2D eigenvalue weighted by atomic mass is 9.95. The molecule has 1 atom stereocenters. The molecule has 1 aromatic heterocycles. The fourth-order valence-corrected chi connectivity index (χ4v) is 5.21. The lowest BCUT2D eigenvalue weighted by Gasteiger charge is -2.28. The largest absolute Gasteiger partial charge is 0.495 e. The summed E-state index contributed by atoms with van der Waals surface area (Å²) in [6, 6.07) is 21.1. The molecule has 2 heterocycles. The van der Waals surface area contributed by atoms with Crippen LogP contribution in [0.2, 0.25) is 0 Å². The molecule has 4 aromatic rings. The summed E-state index contributed by atoms with van der Waals surface area (Å²) < 4.78 is 22.2. The predicted molar refractivity (Wildman–Crippen MR) is 146 cm³/mol. The number of ether oxygens (including phenoxy) is 1. The Hall–Kier alpha value is -3.63. The molecule has 10 heteroatoms. The van der Waals surface area contributed by atoms with Gasteiger partial charge in [0.2, 0.25) is 11.1 Å². The van der Waals surface area contributed by atoms with Gasteiger partial charge in [-0.2, -0.15) is 4.98 Å². The molecule has 188 valence electrons. The van der Waals surface area contributed by atoms with Gasteiger partial charge in [0.05, 0.1) is 18.4 Å². The van der Waals surface area contributed by atoms with Gasteiger partial charge in [0.15, 0.2) is 0 Å². The lowest BCUT2D eigenvalue weighted by molar-refractivity contribution is -0.113. The van der Waals surface area contributed by atoms with Gasteiger partial charge in [0, 0.05) is 15.9 Å². The number of thioether (sulfide) groups is 1. The number of hydrogen-bond acceptors (Lipinski definition) is 6. The van der Waals surface area contributed by atoms with Crippen molar-refractivity contribution in [2.45, 2.75) is 23.9 Å². The number of methoxy groups -OCH3 is 1. The van der Waals surface area contributed by atoms with E-state index in [0.29, 0.717) is 45.1 Å². The molecule has 3 aromatic carbocycles. The summed E-state index contributed by atoms with van der Waals surface area (Å²) >= 11 is 4.82. The van der Waals surface area contributed by atoms with Crippen LogP contribution < -0.4 is 15.4 Å². The zero-order valence-electron chi connectivity index (χ0n) is 20.0. The molecule has 0 saturated carbocycles. The molecule has 0 unspecified atom stereocenters. The number of benzene rings is 3. The number of para-hydroxylation sites is 2. The van der Waals surface area contributed by atoms with Gasteiger partial charge in [0.1, 0.15) is 17.6 Å². The molecule has 37 heavy (non-hydrogen) atoms. The van der Waals surface area contributed by atoms with E-state index in [9.17, 15) is 9.18 Å². The summed E-state index contributed by atoms with van der Waals surface area (Å²) in [6.07, 6.45) is 0. The molecule has 1 aliphatic rings. The molecule has 0 aliphatic carbocycles. The topological polar surface area (TPSA) is 81.1 Å². The second-order valence-corrected chi connectivity index (χ2v) is 10.2. The van der Waals surface area contributed by atoms with Crippen molar-refractivity contribution in [3.05, 3.63) is 105 Å². The third kappa shape index (κ3) is 5.26. The second-order valence-electron chi connectivity index (χ2n) is 8.31. The van der Waals surface area contributed by atoms with Crippen LogP contribution in [0.15, 0.2) is 93.7 Å². The smallest absolute Gasteiger partial charge is 0.255 e. The van der Waals surface area contributed by atoms with Crippen LogP contribution in [0.25, 0.3) is 0 Å². The van der Waals surface area contributed by atoms with E-state index in [4.69, 9.17) is 9.84 Å². The molecule has 1 amide bonds. The first-order valence-electron chi connectivity index (χ1n) is 11.4. The Morgan fingerprint density at radius 3 is 2.62 bits per heavy atom. The summed E-state index contributed by atoms with van der Waals surface area (Å²) in [5, 5.41) is 11.4. The number of nitrogens with one attached hydrogen (secondary N) is 2. The number of carbonyl (C=O) groups excluding carboxylic acids is 1. The van der Waals surface area contributed by atoms with Crippen molar-refractivity contribution < 1.29 is 13.9 Å². The monoisotopic (exact) mass is 579 g/mol. The highest BCUT2D eigenvalue weighted by Crippen LogP contribution is 2.38. The highest BCUT2D eigenvalue weighted by atomic mass is 79.9. The molecule has 0 spiro atoms. The molecule has 0 fully saturated rings. The Kier molecular flexibility index (Phi) is 7.29. The quantitative estimate of drug-likeness (QED) is 0.246. The summed E-state index contributed by atoms with van der Waals surface area (Å²) in [5.41, 5.74) is 3.16. The maximum absolute atomic E-state index is 14.1. The third-order valence-corrected chi connectivity index (χ3v) is 7.35. The molecule has 7 nitrogen and oxygen atoms in total. The molecular weight excluding hydrogens is 557 g/mol. The minimum atomic E-state index is -0.533. The minimum absolute atomic E-state index is 0.266. The van der Waals surface area contributed by atoms with E-state index in [1.165, 1.54) is 17.8 Å². The van der Waals surface area contributed by atoms with Crippen LogP contribution in [0.4, 0.5) is 16.0 Å². The average Bonchev–Trinajstić information content (AvgIpc) is 3.30. The first-order valence-corrected chi connectivity index (χ1v) is 13.2. The molecule has 0 bridgehead atoms. The van der Waals surface area contributed by atoms with Crippen molar-refractivity contribution in [2.24, 2.45) is 0 Å². The second kappa shape index (κ2) is 10.8. The van der Waals surface area contributed by atoms with Crippen molar-refractivity contribution in [1.82, 2.24) is 14.8 Å². The number of anilines is 2. The van der Waals surface area contributed by atoms with Crippen LogP contribution >= 0.6 is 27.7 Å². The Bertz CT molecular complexity index is 1490. The molecule has 0 saturated heterocycles. The number of hydrogen-bond donors (Lipinski definition) is 2. The maximum Gasteiger partial charge on any atom is 0.255 e. The van der Waals surface area contributed by atoms with Crippen LogP contribution in [0, 0.1) is 5.82 Å². The zero-order chi connectivity index (χ0) is 25.9. The Labute approximate surface area is 226 Å². The van der Waals surface area contributed by atoms with Gasteiger partial charge in [-0.1, -0.05) is 70.2 Å². The van der Waals surface area contributed by atoms with Crippen LogP contribution in [0.3, 0.4) is 0 Å². The number of fused-ring (bicyclic) bond motifs is 1. The number of carbonyl (C=O) groups is 1. The number of allylic oxidation sites excluding steroid dienone is 1. The van der Waals surface area contributed by atoms with Crippen LogP contribution in [-0.2, 0) is 10.5 Å². The van der Waals surface area contributed by atoms with Gasteiger partial charge in [-0.15, -0.1) is 5.10 Å². The fourth-order valence-electron chi connectivity index (χ4n) is 4.14. The number of halogens is 2. The summed E-state index contributed by atoms with van der Waals surface area (Å²) in [5.74, 6) is 0.899. The average molecular weight is 580 g/mol. The van der Waals surface area contributed by atoms with Crippen molar-refractivity contribution in [3.63, 3.8) is 0 Å². The number of rotatable bonds is 7. The Morgan fingerprint density at radius 2 is 1.86 bits per heavy atom. The molecule has 0 radical (unpaired) electrons. The van der Waals surface area contributed by atoms with E-state index in [1.807, 2.05) is 43.3 Å². The fraction of sp³-hybridized carbons (Fsp3) is 0.148. The van der Waals surface area contributed by atoms with E-state index in [1.54, 1.807) is 42.1 Å². The van der Waals surface area contributed by atoms with Gasteiger partial charge in [0.25, 0.3) is 5.91 Å². The standard InChI is InChI=1S/C27H23BrFN5O2S/c1-16-23(25(35)31-21-9-5-6-10-22(21)36-2)24(17-11-13-19(28)14-12-17)34-26(30-16)32-27(33-34)37-15-18-7-3-4-8-20(18)29/h3-14,24H,15H2,1-2H3,(H,31,35)(H,30,32,33)/t24-/m0/s1. The number of nitrogens with zero attached hydrogens (tertiary/aromatic N) is 3. The third-order valence-electron chi connectivity index (χ3n) is 5.93. The van der Waals surface area contributed by atoms with E-state index >= 15 is 0 Å². The summed E-state index contributed by atoms with van der Waals surface area (Å²) in [4.78, 5) is 18.3. The highest BCUT2D eigenvalue weighted by molar-refractivity contribution is 9.10. The summed E-state index contributed by atoms with van der Waals surface area (Å²) in [7, 11) is 1.56. The van der Waals surface area contributed by atoms with E-state index < -0.39 is 6.04 Å². The Morgan fingerprint density at radius 1 is 1.14 bits per heavy atom. The van der Waals surface area contributed by atoms with Gasteiger partial charge < -0.3 is 15.4 Å². The van der Waals surface area contributed by atoms with Crippen LogP contribution in [0.1, 0.15) is 24.1 Å². The minimum Gasteiger partial charge on any atom is -0.495 e. The van der Waals surface area contributed by atoms with Gasteiger partial charge in [-0.3, -0.25) is 4.79 Å². The van der Waals surface area contributed by atoms with Crippen molar-refractivity contribution in [1.29, 1.82) is 0 Å². The van der Waals surface area contributed by atoms with Gasteiger partial charge in [-0.05, 0) is 48.4 Å². The Balaban J connectivity index is 1.50. The molecule has 1 aliphatic heterocycles. The normalized spacial score (nSPS) is 14.6. The van der Waals surface area contributed by atoms with Crippen LogP contribution in [-0.4, -0.2) is 27.8 Å². The predicted octanol–water partition coefficient (Wildman–Crippen LogP) is 6.41. The lowest BCUT2D eigenvalue weighted by Crippen LogP contribution is -2.31. The van der Waals surface area contributed by atoms with Crippen molar-refractivity contribution >= 4 is 45.2 Å². The highest BCUT2D eigenvalue weighted by Gasteiger charge is 2.34. The number of amides is 1. The van der Waals surface area contributed by atoms with Gasteiger partial charge in [-0.25, -0.2) is 9.07 Å². The zero-order valence-corrected chi connectivity index (χ0v) is 22.4. The SMILES string of the molecule is COc1ccccc1NC(=O)C1=C(C)Nc2nc(SCc3ccccc3F)nn2[C@H]1c1ccc(Br)cc1. The molecule has 2 N–H and O–H groups in total. The van der Waals surface area contributed by atoms with E-state index in [0.717, 1.165) is 10.0 Å². The first-order chi connectivity index (χ1) is 17.9.